The minimum absolute atomic E-state index is 0.157. The van der Waals surface area contributed by atoms with E-state index in [4.69, 9.17) is 10.8 Å². The molecule has 0 heterocycles. The number of rotatable bonds is 14. The molecule has 3 N–H and O–H groups in total. The zero-order valence-corrected chi connectivity index (χ0v) is 16.4. The number of carboxylic acid groups (broad SMARTS) is 1. The quantitative estimate of drug-likeness (QED) is 0.463. The molecule has 0 aliphatic heterocycles. The van der Waals surface area contributed by atoms with Gasteiger partial charge in [0.15, 0.2) is 0 Å². The van der Waals surface area contributed by atoms with E-state index in [1.807, 2.05) is 14.1 Å². The smallest absolute Gasteiger partial charge is 0.303 e. The standard InChI is InChI=1S/C14H28O2.C5H12N2O/c1-2-3-4-5-6-7-8-9-10-11-12-13-14(15)16;1-4(5(6)8)7(2)3/h2-13H2,1H3,(H,15,16);4H,1-3H3,(H2,6,8). The van der Waals surface area contributed by atoms with E-state index in [9.17, 15) is 9.59 Å². The fourth-order valence-corrected chi connectivity index (χ4v) is 2.19. The predicted octanol–water partition coefficient (Wildman–Crippen LogP) is 4.19. The fraction of sp³-hybridized carbons (Fsp3) is 0.895. The molecule has 24 heavy (non-hydrogen) atoms. The maximum atomic E-state index is 10.3. The molecule has 0 saturated carbocycles. The van der Waals surface area contributed by atoms with E-state index >= 15 is 0 Å². The molecule has 0 fully saturated rings. The van der Waals surface area contributed by atoms with E-state index < -0.39 is 5.97 Å². The highest BCUT2D eigenvalue weighted by Crippen LogP contribution is 2.11. The minimum atomic E-state index is -0.657. The first-order chi connectivity index (χ1) is 11.3. The van der Waals surface area contributed by atoms with E-state index in [-0.39, 0.29) is 11.9 Å². The second-order valence-corrected chi connectivity index (χ2v) is 6.72. The number of hydrogen-bond donors (Lipinski definition) is 2. The third-order valence-electron chi connectivity index (χ3n) is 4.18. The summed E-state index contributed by atoms with van der Waals surface area (Å²) in [4.78, 5) is 22.3. The van der Waals surface area contributed by atoms with Crippen molar-refractivity contribution in [2.24, 2.45) is 5.73 Å². The van der Waals surface area contributed by atoms with Crippen molar-refractivity contribution < 1.29 is 14.7 Å². The van der Waals surface area contributed by atoms with Crippen molar-refractivity contribution in [3.05, 3.63) is 0 Å². The second-order valence-electron chi connectivity index (χ2n) is 6.72. The molecule has 0 aromatic carbocycles. The number of likely N-dealkylation sites (N-methyl/N-ethyl adjacent to an activating group) is 1. The average Bonchev–Trinajstić information content (AvgIpc) is 2.52. The summed E-state index contributed by atoms with van der Waals surface area (Å²) in [5.41, 5.74) is 4.96. The maximum Gasteiger partial charge on any atom is 0.303 e. The number of amides is 1. The van der Waals surface area contributed by atoms with Gasteiger partial charge in [-0.1, -0.05) is 71.1 Å². The molecule has 0 aromatic rings. The molecule has 0 spiro atoms. The van der Waals surface area contributed by atoms with Crippen LogP contribution in [0.15, 0.2) is 0 Å². The van der Waals surface area contributed by atoms with Gasteiger partial charge in [0.05, 0.1) is 6.04 Å². The largest absolute Gasteiger partial charge is 0.481 e. The Morgan fingerprint density at radius 3 is 1.50 bits per heavy atom. The lowest BCUT2D eigenvalue weighted by Gasteiger charge is -2.14. The Morgan fingerprint density at radius 2 is 1.25 bits per heavy atom. The molecule has 1 amide bonds. The predicted molar refractivity (Wildman–Crippen MR) is 101 cm³/mol. The number of hydrogen-bond acceptors (Lipinski definition) is 3. The molecule has 0 aliphatic carbocycles. The number of carbonyl (C=O) groups excluding carboxylic acids is 1. The molecular weight excluding hydrogens is 304 g/mol. The monoisotopic (exact) mass is 344 g/mol. The van der Waals surface area contributed by atoms with Gasteiger partial charge in [-0.3, -0.25) is 14.5 Å². The lowest BCUT2D eigenvalue weighted by molar-refractivity contribution is -0.137. The van der Waals surface area contributed by atoms with Crippen LogP contribution < -0.4 is 5.73 Å². The lowest BCUT2D eigenvalue weighted by Crippen LogP contribution is -2.37. The van der Waals surface area contributed by atoms with Crippen LogP contribution in [0.25, 0.3) is 0 Å². The molecule has 0 saturated heterocycles. The second kappa shape index (κ2) is 18.2. The van der Waals surface area contributed by atoms with Gasteiger partial charge in [-0.05, 0) is 27.4 Å². The zero-order valence-electron chi connectivity index (χ0n) is 16.4. The highest BCUT2D eigenvalue weighted by atomic mass is 16.4. The van der Waals surface area contributed by atoms with Crippen LogP contribution in [0.4, 0.5) is 0 Å². The van der Waals surface area contributed by atoms with E-state index in [1.54, 1.807) is 11.8 Å². The van der Waals surface area contributed by atoms with E-state index in [0.29, 0.717) is 6.42 Å². The molecule has 0 rings (SSSR count). The first-order valence-corrected chi connectivity index (χ1v) is 9.50. The SMILES string of the molecule is CC(C(N)=O)N(C)C.CCCCCCCCCCCCCC(=O)O. The number of nitrogens with zero attached hydrogens (tertiary/aromatic N) is 1. The topological polar surface area (TPSA) is 83.6 Å². The number of aliphatic carboxylic acids is 1. The zero-order chi connectivity index (χ0) is 18.8. The van der Waals surface area contributed by atoms with Crippen LogP contribution in [0.3, 0.4) is 0 Å². The maximum absolute atomic E-state index is 10.3. The Morgan fingerprint density at radius 1 is 0.875 bits per heavy atom. The van der Waals surface area contributed by atoms with Crippen LogP contribution in [-0.4, -0.2) is 42.0 Å². The highest BCUT2D eigenvalue weighted by molar-refractivity contribution is 5.79. The summed E-state index contributed by atoms with van der Waals surface area (Å²) in [6, 6.07) is -0.157. The van der Waals surface area contributed by atoms with Crippen LogP contribution >= 0.6 is 0 Å². The first-order valence-electron chi connectivity index (χ1n) is 9.50. The van der Waals surface area contributed by atoms with Gasteiger partial charge in [0.25, 0.3) is 0 Å². The number of primary amides is 1. The Kier molecular flexibility index (Phi) is 19.1. The normalized spacial score (nSPS) is 11.7. The van der Waals surface area contributed by atoms with Crippen molar-refractivity contribution in [3.8, 4) is 0 Å². The van der Waals surface area contributed by atoms with Crippen molar-refractivity contribution in [1.82, 2.24) is 4.90 Å². The number of carbonyl (C=O) groups is 2. The van der Waals surface area contributed by atoms with E-state index in [2.05, 4.69) is 6.92 Å². The third-order valence-corrected chi connectivity index (χ3v) is 4.18. The summed E-state index contributed by atoms with van der Waals surface area (Å²) in [6.45, 7) is 4.01. The average molecular weight is 345 g/mol. The van der Waals surface area contributed by atoms with Gasteiger partial charge < -0.3 is 10.8 Å². The van der Waals surface area contributed by atoms with Gasteiger partial charge in [0.1, 0.15) is 0 Å². The Hall–Kier alpha value is -1.10. The Labute approximate surface area is 149 Å². The molecule has 0 aromatic heterocycles. The van der Waals surface area contributed by atoms with E-state index in [1.165, 1.54) is 57.8 Å². The van der Waals surface area contributed by atoms with Gasteiger partial charge >= 0.3 is 5.97 Å². The van der Waals surface area contributed by atoms with Crippen molar-refractivity contribution in [2.45, 2.75) is 96.9 Å². The lowest BCUT2D eigenvalue weighted by atomic mass is 10.1. The summed E-state index contributed by atoms with van der Waals surface area (Å²) in [5, 5.41) is 8.46. The molecule has 144 valence electrons. The summed E-state index contributed by atoms with van der Waals surface area (Å²) >= 11 is 0. The van der Waals surface area contributed by atoms with Crippen molar-refractivity contribution in [3.63, 3.8) is 0 Å². The van der Waals surface area contributed by atoms with Crippen LogP contribution in [0.1, 0.15) is 90.9 Å². The number of nitrogens with two attached hydrogens (primary N) is 1. The highest BCUT2D eigenvalue weighted by Gasteiger charge is 2.08. The van der Waals surface area contributed by atoms with Gasteiger partial charge in [0, 0.05) is 6.42 Å². The molecule has 5 heteroatoms. The summed E-state index contributed by atoms with van der Waals surface area (Å²) < 4.78 is 0. The van der Waals surface area contributed by atoms with Gasteiger partial charge in [-0.25, -0.2) is 0 Å². The van der Waals surface area contributed by atoms with Crippen LogP contribution in [0, 0.1) is 0 Å². The molecule has 0 radical (unpaired) electrons. The minimum Gasteiger partial charge on any atom is -0.481 e. The number of carboxylic acids is 1. The van der Waals surface area contributed by atoms with Crippen LogP contribution in [-0.2, 0) is 9.59 Å². The fourth-order valence-electron chi connectivity index (χ4n) is 2.19. The Balaban J connectivity index is 0. The first kappa shape index (κ1) is 25.1. The van der Waals surface area contributed by atoms with Crippen LogP contribution in [0.2, 0.25) is 0 Å². The molecule has 5 nitrogen and oxygen atoms in total. The summed E-state index contributed by atoms with van der Waals surface area (Å²) in [7, 11) is 3.63. The molecular formula is C19H40N2O3. The van der Waals surface area contributed by atoms with Crippen molar-refractivity contribution in [2.75, 3.05) is 14.1 Å². The Bertz CT molecular complexity index is 307. The summed E-state index contributed by atoms with van der Waals surface area (Å²) in [6.07, 6.45) is 14.4. The number of unbranched alkanes of at least 4 members (excludes halogenated alkanes) is 10. The van der Waals surface area contributed by atoms with Crippen molar-refractivity contribution in [1.29, 1.82) is 0 Å². The molecule has 0 aliphatic rings. The van der Waals surface area contributed by atoms with Gasteiger partial charge in [-0.2, -0.15) is 0 Å². The van der Waals surface area contributed by atoms with Gasteiger partial charge in [0.2, 0.25) is 5.91 Å². The molecule has 1 unspecified atom stereocenters. The third kappa shape index (κ3) is 20.9. The van der Waals surface area contributed by atoms with Gasteiger partial charge in [-0.15, -0.1) is 0 Å². The summed E-state index contributed by atoms with van der Waals surface area (Å²) in [5.74, 6) is -0.939. The molecule has 1 atom stereocenters. The molecule has 0 bridgehead atoms. The van der Waals surface area contributed by atoms with E-state index in [0.717, 1.165) is 12.8 Å². The van der Waals surface area contributed by atoms with Crippen molar-refractivity contribution >= 4 is 11.9 Å². The van der Waals surface area contributed by atoms with Crippen LogP contribution in [0.5, 0.6) is 0 Å².